The summed E-state index contributed by atoms with van der Waals surface area (Å²) in [5.41, 5.74) is 1.25. The van der Waals surface area contributed by atoms with E-state index in [0.29, 0.717) is 6.04 Å². The van der Waals surface area contributed by atoms with E-state index in [1.165, 1.54) is 19.8 Å². The molecule has 0 bridgehead atoms. The van der Waals surface area contributed by atoms with Crippen molar-refractivity contribution in [1.82, 2.24) is 0 Å². The molecular formula is C12H19FO3Si. The Morgan fingerprint density at radius 2 is 1.76 bits per heavy atom. The third kappa shape index (κ3) is 4.55. The van der Waals surface area contributed by atoms with Gasteiger partial charge in [-0.2, -0.15) is 0 Å². The van der Waals surface area contributed by atoms with Crippen LogP contribution in [0.3, 0.4) is 0 Å². The molecule has 0 aliphatic carbocycles. The molecule has 0 N–H and O–H groups in total. The monoisotopic (exact) mass is 258 g/mol. The van der Waals surface area contributed by atoms with Gasteiger partial charge >= 0.3 is 8.80 Å². The molecule has 0 amide bonds. The highest BCUT2D eigenvalue weighted by molar-refractivity contribution is 6.60. The van der Waals surface area contributed by atoms with Gasteiger partial charge in [-0.25, -0.2) is 4.39 Å². The fraction of sp³-hybridized carbons (Fsp3) is 0.500. The third-order valence-corrected chi connectivity index (χ3v) is 5.45. The summed E-state index contributed by atoms with van der Waals surface area (Å²) >= 11 is 0. The van der Waals surface area contributed by atoms with Crippen LogP contribution in [0.4, 0.5) is 4.39 Å². The van der Waals surface area contributed by atoms with Crippen LogP contribution in [0.25, 0.3) is 0 Å². The minimum absolute atomic E-state index is 0.624. The van der Waals surface area contributed by atoms with Crippen LogP contribution in [0, 0.1) is 0 Å². The van der Waals surface area contributed by atoms with Gasteiger partial charge in [0.2, 0.25) is 0 Å². The molecule has 0 atom stereocenters. The van der Waals surface area contributed by atoms with Gasteiger partial charge in [0.25, 0.3) is 0 Å². The summed E-state index contributed by atoms with van der Waals surface area (Å²) in [7, 11) is 0.243. The molecule has 0 saturated carbocycles. The summed E-state index contributed by atoms with van der Waals surface area (Å²) in [6.07, 6.45) is 1.77. The predicted molar refractivity (Wildman–Crippen MR) is 66.4 cm³/mol. The molecule has 0 aliphatic rings. The molecular weight excluding hydrogens is 239 g/mol. The van der Waals surface area contributed by atoms with E-state index in [9.17, 15) is 4.39 Å². The first kappa shape index (κ1) is 14.3. The first-order valence-electron chi connectivity index (χ1n) is 5.60. The van der Waals surface area contributed by atoms with Crippen LogP contribution in [-0.4, -0.2) is 29.9 Å². The highest BCUT2D eigenvalue weighted by Gasteiger charge is 2.38. The van der Waals surface area contributed by atoms with Gasteiger partial charge in [0.1, 0.15) is 0 Å². The zero-order chi connectivity index (χ0) is 12.6. The van der Waals surface area contributed by atoms with Gasteiger partial charge in [-0.1, -0.05) is 30.3 Å². The molecule has 96 valence electrons. The van der Waals surface area contributed by atoms with Crippen LogP contribution in [-0.2, 0) is 19.7 Å². The number of hydrogen-bond donors (Lipinski definition) is 0. The highest BCUT2D eigenvalue weighted by Crippen LogP contribution is 2.18. The lowest BCUT2D eigenvalue weighted by Crippen LogP contribution is -2.43. The number of alkyl halides is 1. The van der Waals surface area contributed by atoms with Gasteiger partial charge in [-0.15, -0.1) is 0 Å². The molecule has 0 aliphatic heterocycles. The van der Waals surface area contributed by atoms with Crippen LogP contribution < -0.4 is 0 Å². The van der Waals surface area contributed by atoms with Crippen molar-refractivity contribution in [3.63, 3.8) is 0 Å². The van der Waals surface area contributed by atoms with Gasteiger partial charge in [-0.05, 0) is 18.4 Å². The lowest BCUT2D eigenvalue weighted by Gasteiger charge is -2.24. The number of aryl methyl sites for hydroxylation is 1. The summed E-state index contributed by atoms with van der Waals surface area (Å²) in [5, 5.41) is 0. The number of hydrogen-bond acceptors (Lipinski definition) is 3. The maximum atomic E-state index is 12.3. The van der Waals surface area contributed by atoms with Gasteiger partial charge in [0, 0.05) is 20.3 Å². The molecule has 1 aromatic carbocycles. The van der Waals surface area contributed by atoms with Crippen molar-refractivity contribution in [3.05, 3.63) is 35.9 Å². The second-order valence-corrected chi connectivity index (χ2v) is 6.66. The van der Waals surface area contributed by atoms with E-state index in [1.807, 2.05) is 18.2 Å². The molecule has 0 unspecified atom stereocenters. The van der Waals surface area contributed by atoms with Gasteiger partial charge in [0.05, 0.1) is 0 Å². The topological polar surface area (TPSA) is 27.7 Å². The quantitative estimate of drug-likeness (QED) is 0.671. The maximum absolute atomic E-state index is 12.3. The van der Waals surface area contributed by atoms with Crippen LogP contribution in [0.2, 0.25) is 6.04 Å². The van der Waals surface area contributed by atoms with Crippen molar-refractivity contribution in [2.24, 2.45) is 0 Å². The smallest absolute Gasteiger partial charge is 0.377 e. The summed E-state index contributed by atoms with van der Waals surface area (Å²) < 4.78 is 27.7. The molecule has 0 heterocycles. The molecule has 1 rings (SSSR count). The van der Waals surface area contributed by atoms with Crippen molar-refractivity contribution in [1.29, 1.82) is 0 Å². The van der Waals surface area contributed by atoms with Crippen LogP contribution in [0.5, 0.6) is 0 Å². The number of halogens is 1. The van der Waals surface area contributed by atoms with E-state index in [2.05, 4.69) is 12.1 Å². The van der Waals surface area contributed by atoms with Crippen molar-refractivity contribution in [2.75, 3.05) is 21.1 Å². The fourth-order valence-corrected chi connectivity index (χ4v) is 3.45. The SMILES string of the molecule is CO[Si](CCCc1ccccc1)(OC)OCF. The Balaban J connectivity index is 2.42. The van der Waals surface area contributed by atoms with E-state index < -0.39 is 15.7 Å². The first-order valence-corrected chi connectivity index (χ1v) is 7.53. The number of benzene rings is 1. The van der Waals surface area contributed by atoms with Gasteiger partial charge in [-0.3, -0.25) is 0 Å². The lowest BCUT2D eigenvalue weighted by atomic mass is 10.1. The first-order chi connectivity index (χ1) is 8.26. The maximum Gasteiger partial charge on any atom is 0.502 e. The molecule has 0 spiro atoms. The highest BCUT2D eigenvalue weighted by atomic mass is 28.4. The number of rotatable bonds is 8. The Morgan fingerprint density at radius 1 is 1.12 bits per heavy atom. The third-order valence-electron chi connectivity index (χ3n) is 2.69. The second-order valence-electron chi connectivity index (χ2n) is 3.68. The minimum Gasteiger partial charge on any atom is -0.377 e. The van der Waals surface area contributed by atoms with Gasteiger partial charge < -0.3 is 13.3 Å². The Kier molecular flexibility index (Phi) is 6.35. The van der Waals surface area contributed by atoms with E-state index in [0.717, 1.165) is 12.8 Å². The van der Waals surface area contributed by atoms with Gasteiger partial charge in [0.15, 0.2) is 6.86 Å². The van der Waals surface area contributed by atoms with Crippen molar-refractivity contribution in [3.8, 4) is 0 Å². The predicted octanol–water partition coefficient (Wildman–Crippen LogP) is 2.79. The average molecular weight is 258 g/mol. The summed E-state index contributed by atoms with van der Waals surface area (Å²) in [6.45, 7) is -0.862. The van der Waals surface area contributed by atoms with E-state index in [4.69, 9.17) is 13.3 Å². The molecule has 3 nitrogen and oxygen atoms in total. The Bertz CT molecular complexity index is 304. The summed E-state index contributed by atoms with van der Waals surface area (Å²) in [5.74, 6) is 0. The zero-order valence-corrected chi connectivity index (χ0v) is 11.3. The average Bonchev–Trinajstić information content (AvgIpc) is 2.39. The van der Waals surface area contributed by atoms with E-state index >= 15 is 0 Å². The summed E-state index contributed by atoms with van der Waals surface area (Å²) in [4.78, 5) is 0. The Morgan fingerprint density at radius 3 is 2.29 bits per heavy atom. The van der Waals surface area contributed by atoms with Crippen LogP contribution in [0.15, 0.2) is 30.3 Å². The Hall–Kier alpha value is -0.753. The molecule has 1 aromatic rings. The van der Waals surface area contributed by atoms with Crippen LogP contribution in [0.1, 0.15) is 12.0 Å². The minimum atomic E-state index is -2.77. The van der Waals surface area contributed by atoms with Crippen molar-refractivity contribution in [2.45, 2.75) is 18.9 Å². The zero-order valence-electron chi connectivity index (χ0n) is 10.3. The molecule has 0 radical (unpaired) electrons. The fourth-order valence-electron chi connectivity index (χ4n) is 1.71. The molecule has 0 fully saturated rings. The summed E-state index contributed by atoms with van der Waals surface area (Å²) in [6, 6.07) is 10.8. The molecule has 5 heteroatoms. The van der Waals surface area contributed by atoms with E-state index in [-0.39, 0.29) is 0 Å². The largest absolute Gasteiger partial charge is 0.502 e. The van der Waals surface area contributed by atoms with E-state index in [1.54, 1.807) is 0 Å². The molecule has 0 aromatic heterocycles. The lowest BCUT2D eigenvalue weighted by molar-refractivity contribution is 0.0574. The standard InChI is InChI=1S/C12H19FO3Si/c1-14-17(15-2,16-11-13)10-6-9-12-7-4-3-5-8-12/h3-5,7-8H,6,9-11H2,1-2H3. The normalized spacial score (nSPS) is 11.7. The Labute approximate surface area is 103 Å². The molecule has 0 saturated heterocycles. The van der Waals surface area contributed by atoms with Crippen molar-refractivity contribution >= 4 is 8.80 Å². The second kappa shape index (κ2) is 7.55. The van der Waals surface area contributed by atoms with Crippen molar-refractivity contribution < 1.29 is 17.7 Å². The molecule has 17 heavy (non-hydrogen) atoms. The van der Waals surface area contributed by atoms with Crippen LogP contribution >= 0.6 is 0 Å².